The van der Waals surface area contributed by atoms with E-state index < -0.39 is 0 Å². The average Bonchev–Trinajstić information content (AvgIpc) is 3.02. The molecule has 1 aromatic carbocycles. The molecule has 122 valence electrons. The Morgan fingerprint density at radius 2 is 2.00 bits per heavy atom. The van der Waals surface area contributed by atoms with Gasteiger partial charge in [0.1, 0.15) is 17.2 Å². The fourth-order valence-corrected chi connectivity index (χ4v) is 2.16. The maximum absolute atomic E-state index is 12.4. The Balaban J connectivity index is 1.71. The van der Waals surface area contributed by atoms with Crippen LogP contribution in [0.25, 0.3) is 0 Å². The molecule has 0 saturated carbocycles. The van der Waals surface area contributed by atoms with Gasteiger partial charge in [-0.15, -0.1) is 5.10 Å². The first-order valence-electron chi connectivity index (χ1n) is 7.35. The number of carbonyl (C=O) groups is 1. The minimum absolute atomic E-state index is 0.255. The van der Waals surface area contributed by atoms with Crippen LogP contribution in [-0.2, 0) is 7.05 Å². The molecule has 0 spiro atoms. The molecule has 0 aliphatic carbocycles. The molecule has 0 fully saturated rings. The summed E-state index contributed by atoms with van der Waals surface area (Å²) in [6.45, 7) is 1.80. The zero-order chi connectivity index (χ0) is 16.9. The van der Waals surface area contributed by atoms with Crippen LogP contribution in [0.5, 0.6) is 11.5 Å². The van der Waals surface area contributed by atoms with E-state index in [9.17, 15) is 4.79 Å². The summed E-state index contributed by atoms with van der Waals surface area (Å²) in [7, 11) is 1.71. The lowest BCUT2D eigenvalue weighted by molar-refractivity contribution is 0.0932. The van der Waals surface area contributed by atoms with Crippen molar-refractivity contribution in [3.63, 3.8) is 0 Å². The van der Waals surface area contributed by atoms with Crippen LogP contribution >= 0.6 is 0 Å². The van der Waals surface area contributed by atoms with Crippen LogP contribution in [0, 0.1) is 0 Å². The molecule has 1 atom stereocenters. The number of carbonyl (C=O) groups excluding carboxylic acids is 1. The van der Waals surface area contributed by atoms with E-state index >= 15 is 0 Å². The van der Waals surface area contributed by atoms with E-state index in [1.807, 2.05) is 30.3 Å². The topological polar surface area (TPSA) is 94.8 Å². The van der Waals surface area contributed by atoms with Crippen LogP contribution < -0.4 is 10.1 Å². The lowest BCUT2D eigenvalue weighted by atomic mass is 10.2. The van der Waals surface area contributed by atoms with E-state index in [2.05, 4.69) is 25.8 Å². The van der Waals surface area contributed by atoms with Crippen molar-refractivity contribution in [2.75, 3.05) is 0 Å². The number of hydrogen-bond donors (Lipinski definition) is 1. The Hall–Kier alpha value is -3.29. The van der Waals surface area contributed by atoms with E-state index in [-0.39, 0.29) is 17.6 Å². The Morgan fingerprint density at radius 3 is 2.71 bits per heavy atom. The van der Waals surface area contributed by atoms with Gasteiger partial charge in [-0.05, 0) is 35.5 Å². The van der Waals surface area contributed by atoms with Crippen LogP contribution in [0.1, 0.15) is 29.3 Å². The quantitative estimate of drug-likeness (QED) is 0.770. The molecule has 0 unspecified atom stereocenters. The molecule has 2 heterocycles. The third-order valence-corrected chi connectivity index (χ3v) is 3.33. The third kappa shape index (κ3) is 3.54. The Kier molecular flexibility index (Phi) is 4.46. The number of nitrogens with one attached hydrogen (secondary N) is 1. The molecule has 1 N–H and O–H groups in total. The maximum atomic E-state index is 12.4. The highest BCUT2D eigenvalue weighted by Gasteiger charge is 2.17. The summed E-state index contributed by atoms with van der Waals surface area (Å²) >= 11 is 0. The van der Waals surface area contributed by atoms with Gasteiger partial charge in [-0.1, -0.05) is 18.2 Å². The van der Waals surface area contributed by atoms with Crippen molar-refractivity contribution in [3.8, 4) is 11.5 Å². The Bertz CT molecular complexity index is 833. The largest absolute Gasteiger partial charge is 0.457 e. The van der Waals surface area contributed by atoms with Gasteiger partial charge in [0.25, 0.3) is 5.91 Å². The predicted molar refractivity (Wildman–Crippen MR) is 85.4 cm³/mol. The highest BCUT2D eigenvalue weighted by molar-refractivity contribution is 5.92. The van der Waals surface area contributed by atoms with Crippen LogP contribution in [0.4, 0.5) is 0 Å². The molecule has 3 rings (SSSR count). The molecule has 24 heavy (non-hydrogen) atoms. The minimum Gasteiger partial charge on any atom is -0.457 e. The molecule has 1 amide bonds. The van der Waals surface area contributed by atoms with Crippen LogP contribution in [-0.4, -0.2) is 31.1 Å². The summed E-state index contributed by atoms with van der Waals surface area (Å²) in [5.41, 5.74) is 0.255. The molecule has 0 aliphatic rings. The number of pyridine rings is 1. The molecule has 8 heteroatoms. The second-order valence-electron chi connectivity index (χ2n) is 5.15. The summed E-state index contributed by atoms with van der Waals surface area (Å²) in [4.78, 5) is 16.4. The molecule has 8 nitrogen and oxygen atoms in total. The van der Waals surface area contributed by atoms with Gasteiger partial charge in [-0.25, -0.2) is 4.68 Å². The molecule has 2 aromatic heterocycles. The summed E-state index contributed by atoms with van der Waals surface area (Å²) in [6, 6.07) is 12.3. The molecule has 0 radical (unpaired) electrons. The number of ether oxygens (including phenoxy) is 1. The van der Waals surface area contributed by atoms with Gasteiger partial charge in [0.15, 0.2) is 5.82 Å². The van der Waals surface area contributed by atoms with Crippen LogP contribution in [0.3, 0.4) is 0 Å². The normalized spacial score (nSPS) is 11.8. The molecular formula is C16H16N6O2. The number of amides is 1. The first-order chi connectivity index (χ1) is 11.6. The molecule has 0 saturated heterocycles. The zero-order valence-electron chi connectivity index (χ0n) is 13.2. The number of aromatic nitrogens is 5. The molecule has 0 bridgehead atoms. The number of tetrazole rings is 1. The van der Waals surface area contributed by atoms with E-state index in [4.69, 9.17) is 4.74 Å². The summed E-state index contributed by atoms with van der Waals surface area (Å²) in [5, 5.41) is 14.0. The lowest BCUT2D eigenvalue weighted by Crippen LogP contribution is -2.29. The van der Waals surface area contributed by atoms with Gasteiger partial charge in [0.05, 0.1) is 6.04 Å². The second kappa shape index (κ2) is 6.86. The van der Waals surface area contributed by atoms with Crippen molar-refractivity contribution in [2.45, 2.75) is 13.0 Å². The van der Waals surface area contributed by atoms with Gasteiger partial charge in [0, 0.05) is 19.3 Å². The Labute approximate surface area is 138 Å². The maximum Gasteiger partial charge on any atom is 0.270 e. The SMILES string of the molecule is C[C@@H](NC(=O)c1cc(Oc2ccccc2)ccn1)c1nnnn1C. The minimum atomic E-state index is -0.349. The summed E-state index contributed by atoms with van der Waals surface area (Å²) < 4.78 is 7.22. The van der Waals surface area contributed by atoms with E-state index in [1.165, 1.54) is 10.9 Å². The van der Waals surface area contributed by atoms with Gasteiger partial charge < -0.3 is 10.1 Å². The fourth-order valence-electron chi connectivity index (χ4n) is 2.16. The van der Waals surface area contributed by atoms with E-state index in [0.29, 0.717) is 17.3 Å². The van der Waals surface area contributed by atoms with Crippen LogP contribution in [0.15, 0.2) is 48.7 Å². The van der Waals surface area contributed by atoms with Crippen molar-refractivity contribution in [3.05, 3.63) is 60.2 Å². The number of nitrogens with zero attached hydrogens (tertiary/aromatic N) is 5. The predicted octanol–water partition coefficient (Wildman–Crippen LogP) is 1.89. The van der Waals surface area contributed by atoms with Crippen molar-refractivity contribution in [1.82, 2.24) is 30.5 Å². The van der Waals surface area contributed by atoms with Gasteiger partial charge in [-0.2, -0.15) is 0 Å². The second-order valence-corrected chi connectivity index (χ2v) is 5.15. The van der Waals surface area contributed by atoms with Crippen molar-refractivity contribution in [2.24, 2.45) is 7.05 Å². The van der Waals surface area contributed by atoms with Gasteiger partial charge >= 0.3 is 0 Å². The number of para-hydroxylation sites is 1. The van der Waals surface area contributed by atoms with Crippen LogP contribution in [0.2, 0.25) is 0 Å². The fraction of sp³-hybridized carbons (Fsp3) is 0.188. The highest BCUT2D eigenvalue weighted by Crippen LogP contribution is 2.21. The monoisotopic (exact) mass is 324 g/mol. The zero-order valence-corrected chi connectivity index (χ0v) is 13.2. The van der Waals surface area contributed by atoms with Crippen molar-refractivity contribution >= 4 is 5.91 Å². The van der Waals surface area contributed by atoms with Gasteiger partial charge in [0.2, 0.25) is 0 Å². The average molecular weight is 324 g/mol. The number of hydrogen-bond acceptors (Lipinski definition) is 6. The first-order valence-corrected chi connectivity index (χ1v) is 7.35. The summed E-state index contributed by atoms with van der Waals surface area (Å²) in [6.07, 6.45) is 1.53. The first kappa shape index (κ1) is 15.6. The number of aryl methyl sites for hydroxylation is 1. The van der Waals surface area contributed by atoms with E-state index in [1.54, 1.807) is 26.1 Å². The molecule has 0 aliphatic heterocycles. The van der Waals surface area contributed by atoms with Gasteiger partial charge in [-0.3, -0.25) is 9.78 Å². The Morgan fingerprint density at radius 1 is 1.21 bits per heavy atom. The highest BCUT2D eigenvalue weighted by atomic mass is 16.5. The summed E-state index contributed by atoms with van der Waals surface area (Å²) in [5.74, 6) is 1.45. The lowest BCUT2D eigenvalue weighted by Gasteiger charge is -2.12. The standard InChI is InChI=1S/C16H16N6O2/c1-11(15-19-20-21-22(15)2)18-16(23)14-10-13(8-9-17-14)24-12-6-4-3-5-7-12/h3-11H,1-2H3,(H,18,23)/t11-/m1/s1. The van der Waals surface area contributed by atoms with Crippen molar-refractivity contribution in [1.29, 1.82) is 0 Å². The smallest absolute Gasteiger partial charge is 0.270 e. The number of benzene rings is 1. The van der Waals surface area contributed by atoms with Crippen molar-refractivity contribution < 1.29 is 9.53 Å². The molecular weight excluding hydrogens is 308 g/mol. The molecule has 3 aromatic rings. The third-order valence-electron chi connectivity index (χ3n) is 3.33. The number of rotatable bonds is 5. The van der Waals surface area contributed by atoms with E-state index in [0.717, 1.165) is 0 Å².